The van der Waals surface area contributed by atoms with Crippen molar-refractivity contribution >= 4 is 11.9 Å². The molecule has 1 amide bonds. The number of rotatable bonds is 5. The van der Waals surface area contributed by atoms with Crippen LogP contribution in [0.5, 0.6) is 0 Å². The molecule has 25 heavy (non-hydrogen) atoms. The van der Waals surface area contributed by atoms with E-state index >= 15 is 0 Å². The first-order valence-corrected chi connectivity index (χ1v) is 9.09. The number of nitrogens with zero attached hydrogens (tertiary/aromatic N) is 1. The fourth-order valence-corrected chi connectivity index (χ4v) is 3.05. The van der Waals surface area contributed by atoms with E-state index in [1.807, 2.05) is 18.7 Å². The first-order chi connectivity index (χ1) is 12.0. The highest BCUT2D eigenvalue weighted by molar-refractivity contribution is 5.92. The Morgan fingerprint density at radius 3 is 2.32 bits per heavy atom. The van der Waals surface area contributed by atoms with E-state index in [1.165, 1.54) is 19.3 Å². The average Bonchev–Trinajstić information content (AvgIpc) is 3.49. The topological polar surface area (TPSA) is 46.6 Å². The Morgan fingerprint density at radius 2 is 1.84 bits per heavy atom. The molecule has 0 bridgehead atoms. The number of carbonyl (C=O) groups excluding carboxylic acids is 2. The van der Waals surface area contributed by atoms with Crippen molar-refractivity contribution in [3.63, 3.8) is 0 Å². The summed E-state index contributed by atoms with van der Waals surface area (Å²) in [4.78, 5) is 25.8. The first kappa shape index (κ1) is 21.1. The van der Waals surface area contributed by atoms with E-state index in [0.29, 0.717) is 12.1 Å². The lowest BCUT2D eigenvalue weighted by Crippen LogP contribution is -2.41. The predicted octanol–water partition coefficient (Wildman–Crippen LogP) is 4.19. The lowest BCUT2D eigenvalue weighted by molar-refractivity contribution is -0.136. The Kier molecular flexibility index (Phi) is 8.59. The first-order valence-electron chi connectivity index (χ1n) is 9.09. The van der Waals surface area contributed by atoms with Crippen molar-refractivity contribution in [2.45, 2.75) is 46.5 Å². The second-order valence-electron chi connectivity index (χ2n) is 6.07. The molecule has 0 N–H and O–H groups in total. The Balaban J connectivity index is 0.00000151. The number of carbonyl (C=O) groups is 2. The number of amides is 1. The van der Waals surface area contributed by atoms with Gasteiger partial charge in [0.05, 0.1) is 12.7 Å². The number of ether oxygens (including phenoxy) is 1. The molecule has 1 unspecified atom stereocenters. The van der Waals surface area contributed by atoms with Crippen molar-refractivity contribution in [3.8, 4) is 0 Å². The Labute approximate surface area is 150 Å². The molecule has 2 aliphatic rings. The second kappa shape index (κ2) is 10.2. The zero-order chi connectivity index (χ0) is 19.0. The van der Waals surface area contributed by atoms with Crippen LogP contribution >= 0.6 is 0 Å². The molecule has 140 valence electrons. The third kappa shape index (κ3) is 5.28. The van der Waals surface area contributed by atoms with Gasteiger partial charge in [-0.05, 0) is 38.2 Å². The van der Waals surface area contributed by atoms with Crippen LogP contribution in [0.1, 0.15) is 46.5 Å². The lowest BCUT2D eigenvalue weighted by atomic mass is 9.88. The molecular formula is C20H30FNO3. The van der Waals surface area contributed by atoms with Gasteiger partial charge in [-0.15, -0.1) is 0 Å². The van der Waals surface area contributed by atoms with E-state index in [9.17, 15) is 14.0 Å². The maximum atomic E-state index is 14.8. The highest BCUT2D eigenvalue weighted by Gasteiger charge is 2.36. The zero-order valence-electron chi connectivity index (χ0n) is 15.8. The fourth-order valence-electron chi connectivity index (χ4n) is 3.05. The molecule has 0 radical (unpaired) electrons. The third-order valence-corrected chi connectivity index (χ3v) is 4.50. The summed E-state index contributed by atoms with van der Waals surface area (Å²) in [5.74, 6) is -1.09. The van der Waals surface area contributed by atoms with Gasteiger partial charge in [0, 0.05) is 24.9 Å². The molecule has 2 fully saturated rings. The minimum Gasteiger partial charge on any atom is -0.465 e. The monoisotopic (exact) mass is 351 g/mol. The molecule has 1 aliphatic carbocycles. The van der Waals surface area contributed by atoms with Crippen LogP contribution in [-0.2, 0) is 14.3 Å². The zero-order valence-corrected chi connectivity index (χ0v) is 15.8. The second-order valence-corrected chi connectivity index (χ2v) is 6.07. The van der Waals surface area contributed by atoms with Gasteiger partial charge < -0.3 is 9.64 Å². The fraction of sp³-hybridized carbons (Fsp3) is 0.600. The molecule has 0 aromatic carbocycles. The molecule has 1 saturated carbocycles. The van der Waals surface area contributed by atoms with Gasteiger partial charge in [0.2, 0.25) is 5.91 Å². The SMILES string of the molecule is C=C/C(=C(F)\C(=C/C)C(=O)OC)C1CCCN(C(=O)C2CC2)C1.CC. The minimum absolute atomic E-state index is 0.0898. The van der Waals surface area contributed by atoms with Crippen molar-refractivity contribution in [1.82, 2.24) is 4.90 Å². The molecule has 5 heteroatoms. The van der Waals surface area contributed by atoms with Gasteiger partial charge >= 0.3 is 5.97 Å². The van der Waals surface area contributed by atoms with Gasteiger partial charge in [-0.2, -0.15) is 0 Å². The third-order valence-electron chi connectivity index (χ3n) is 4.50. The number of piperidine rings is 1. The van der Waals surface area contributed by atoms with Gasteiger partial charge in [-0.25, -0.2) is 9.18 Å². The summed E-state index contributed by atoms with van der Waals surface area (Å²) in [5, 5.41) is 0. The van der Waals surface area contributed by atoms with Gasteiger partial charge in [0.15, 0.2) is 0 Å². The van der Waals surface area contributed by atoms with Crippen LogP contribution in [0.3, 0.4) is 0 Å². The van der Waals surface area contributed by atoms with E-state index in [1.54, 1.807) is 6.92 Å². The van der Waals surface area contributed by atoms with E-state index in [2.05, 4.69) is 11.3 Å². The molecule has 1 aliphatic heterocycles. The van der Waals surface area contributed by atoms with Crippen LogP contribution in [0, 0.1) is 11.8 Å². The molecular weight excluding hydrogens is 321 g/mol. The molecule has 0 aromatic heterocycles. The van der Waals surface area contributed by atoms with Crippen molar-refractivity contribution < 1.29 is 18.7 Å². The van der Waals surface area contributed by atoms with Gasteiger partial charge in [0.25, 0.3) is 0 Å². The summed E-state index contributed by atoms with van der Waals surface area (Å²) >= 11 is 0. The summed E-state index contributed by atoms with van der Waals surface area (Å²) in [7, 11) is 1.23. The van der Waals surface area contributed by atoms with Gasteiger partial charge in [0.1, 0.15) is 5.83 Å². The molecule has 0 spiro atoms. The van der Waals surface area contributed by atoms with E-state index in [4.69, 9.17) is 0 Å². The molecule has 1 atom stereocenters. The maximum Gasteiger partial charge on any atom is 0.340 e. The van der Waals surface area contributed by atoms with Crippen LogP contribution in [0.25, 0.3) is 0 Å². The van der Waals surface area contributed by atoms with E-state index < -0.39 is 11.8 Å². The van der Waals surface area contributed by atoms with Crippen molar-refractivity contribution in [2.75, 3.05) is 20.2 Å². The standard InChI is InChI=1S/C18H24FNO3.C2H6/c1-4-14(16(19)15(5-2)18(22)23-3)13-7-6-10-20(11-13)17(21)12-8-9-12;1-2/h4-5,12-13H,1,6-11H2,2-3H3;1-2H3/b15-5+,16-14-;. The van der Waals surface area contributed by atoms with Crippen molar-refractivity contribution in [2.24, 2.45) is 11.8 Å². The Hall–Kier alpha value is -1.91. The van der Waals surface area contributed by atoms with Crippen LogP contribution < -0.4 is 0 Å². The molecule has 4 nitrogen and oxygen atoms in total. The number of methoxy groups -OCH3 is 1. The summed E-state index contributed by atoms with van der Waals surface area (Å²) in [6.07, 6.45) is 6.39. The number of allylic oxidation sites excluding steroid dienone is 2. The van der Waals surface area contributed by atoms with Crippen molar-refractivity contribution in [1.29, 1.82) is 0 Å². The Bertz CT molecular complexity index is 561. The van der Waals surface area contributed by atoms with Gasteiger partial charge in [-0.1, -0.05) is 32.6 Å². The summed E-state index contributed by atoms with van der Waals surface area (Å²) < 4.78 is 19.4. The number of esters is 1. The quantitative estimate of drug-likeness (QED) is 0.424. The van der Waals surface area contributed by atoms with Crippen LogP contribution in [-0.4, -0.2) is 37.0 Å². The Morgan fingerprint density at radius 1 is 1.20 bits per heavy atom. The maximum absolute atomic E-state index is 14.8. The lowest BCUT2D eigenvalue weighted by Gasteiger charge is -2.33. The highest BCUT2D eigenvalue weighted by Crippen LogP contribution is 2.35. The van der Waals surface area contributed by atoms with E-state index in [0.717, 1.165) is 32.2 Å². The number of likely N-dealkylation sites (tertiary alicyclic amines) is 1. The number of halogens is 1. The number of hydrogen-bond donors (Lipinski definition) is 0. The average molecular weight is 351 g/mol. The van der Waals surface area contributed by atoms with Crippen molar-refractivity contribution in [3.05, 3.63) is 35.7 Å². The van der Waals surface area contributed by atoms with Crippen LogP contribution in [0.4, 0.5) is 4.39 Å². The smallest absolute Gasteiger partial charge is 0.340 e. The minimum atomic E-state index is -0.703. The molecule has 0 aromatic rings. The number of hydrogen-bond acceptors (Lipinski definition) is 3. The van der Waals surface area contributed by atoms with Gasteiger partial charge in [-0.3, -0.25) is 4.79 Å². The predicted molar refractivity (Wildman–Crippen MR) is 97.5 cm³/mol. The van der Waals surface area contributed by atoms with Crippen LogP contribution in [0.15, 0.2) is 35.7 Å². The van der Waals surface area contributed by atoms with E-state index in [-0.39, 0.29) is 23.3 Å². The molecule has 2 rings (SSSR count). The molecule has 1 heterocycles. The highest BCUT2D eigenvalue weighted by atomic mass is 19.1. The normalized spacial score (nSPS) is 21.6. The van der Waals surface area contributed by atoms with Crippen LogP contribution in [0.2, 0.25) is 0 Å². The summed E-state index contributed by atoms with van der Waals surface area (Å²) in [5.41, 5.74) is 0.296. The summed E-state index contributed by atoms with van der Waals surface area (Å²) in [6.45, 7) is 10.5. The summed E-state index contributed by atoms with van der Waals surface area (Å²) in [6, 6.07) is 0. The molecule has 1 saturated heterocycles. The largest absolute Gasteiger partial charge is 0.465 e.